The van der Waals surface area contributed by atoms with Crippen molar-refractivity contribution in [3.05, 3.63) is 73.9 Å². The third-order valence-electron chi connectivity index (χ3n) is 4.29. The normalized spacial score (nSPS) is 10.8. The molecule has 30 heavy (non-hydrogen) atoms. The van der Waals surface area contributed by atoms with E-state index in [0.717, 1.165) is 20.5 Å². The molecule has 0 aliphatic carbocycles. The van der Waals surface area contributed by atoms with Gasteiger partial charge in [0.2, 0.25) is 0 Å². The fourth-order valence-electron chi connectivity index (χ4n) is 2.87. The summed E-state index contributed by atoms with van der Waals surface area (Å²) in [4.78, 5) is 33.8. The van der Waals surface area contributed by atoms with Gasteiger partial charge in [0.25, 0.3) is 11.6 Å². The number of rotatable bonds is 7. The van der Waals surface area contributed by atoms with Crippen molar-refractivity contribution >= 4 is 34.3 Å². The van der Waals surface area contributed by atoms with E-state index >= 15 is 0 Å². The first-order valence-corrected chi connectivity index (χ1v) is 10.6. The van der Waals surface area contributed by atoms with Crippen molar-refractivity contribution in [3.63, 3.8) is 0 Å². The van der Waals surface area contributed by atoms with Crippen LogP contribution in [0.3, 0.4) is 0 Å². The Morgan fingerprint density at radius 3 is 2.87 bits per heavy atom. The number of aromatic nitrogens is 4. The number of aryl methyl sites for hydroxylation is 1. The van der Waals surface area contributed by atoms with Crippen LogP contribution in [0.5, 0.6) is 0 Å². The van der Waals surface area contributed by atoms with Gasteiger partial charge in [0.1, 0.15) is 18.3 Å². The Hall–Kier alpha value is -3.44. The number of carbonyl (C=O) groups excluding carboxylic acids is 1. The summed E-state index contributed by atoms with van der Waals surface area (Å²) in [6.07, 6.45) is 3.32. The maximum absolute atomic E-state index is 12.5. The summed E-state index contributed by atoms with van der Waals surface area (Å²) in [6.45, 7) is 2.40. The highest BCUT2D eigenvalue weighted by atomic mass is 32.1. The lowest BCUT2D eigenvalue weighted by Gasteiger charge is -2.07. The monoisotopic (exact) mass is 440 g/mol. The number of hydrogen-bond donors (Lipinski definition) is 1. The number of thiazole rings is 1. The highest BCUT2D eigenvalue weighted by Crippen LogP contribution is 2.29. The molecule has 11 heteroatoms. The van der Waals surface area contributed by atoms with Gasteiger partial charge in [-0.2, -0.15) is 5.10 Å². The number of benzene rings is 1. The van der Waals surface area contributed by atoms with Crippen LogP contribution in [-0.2, 0) is 6.42 Å². The Balaban J connectivity index is 1.40. The van der Waals surface area contributed by atoms with Gasteiger partial charge in [0.15, 0.2) is 0 Å². The first-order valence-electron chi connectivity index (χ1n) is 8.94. The lowest BCUT2D eigenvalue weighted by Crippen LogP contribution is -2.25. The first kappa shape index (κ1) is 19.9. The topological polar surface area (TPSA) is 116 Å². The Bertz CT molecular complexity index is 1200. The second-order valence-corrected chi connectivity index (χ2v) is 8.55. The van der Waals surface area contributed by atoms with E-state index < -0.39 is 4.92 Å². The molecule has 3 aromatic heterocycles. The third kappa shape index (κ3) is 4.26. The molecular formula is C19H16N6O3S2. The van der Waals surface area contributed by atoms with Crippen LogP contribution in [0.15, 0.2) is 48.4 Å². The van der Waals surface area contributed by atoms with Gasteiger partial charge in [-0.1, -0.05) is 0 Å². The van der Waals surface area contributed by atoms with Crippen molar-refractivity contribution in [1.29, 1.82) is 0 Å². The quantitative estimate of drug-likeness (QED) is 0.346. The smallest absolute Gasteiger partial charge is 0.295 e. The largest absolute Gasteiger partial charge is 0.352 e. The fourth-order valence-corrected chi connectivity index (χ4v) is 4.52. The van der Waals surface area contributed by atoms with Crippen LogP contribution in [0.1, 0.15) is 20.2 Å². The Labute approximate surface area is 179 Å². The van der Waals surface area contributed by atoms with Crippen molar-refractivity contribution in [2.45, 2.75) is 13.3 Å². The van der Waals surface area contributed by atoms with E-state index in [0.29, 0.717) is 13.0 Å². The van der Waals surface area contributed by atoms with Gasteiger partial charge in [-0.05, 0) is 37.6 Å². The van der Waals surface area contributed by atoms with Crippen molar-refractivity contribution in [2.75, 3.05) is 6.54 Å². The molecule has 1 aromatic carbocycles. The fraction of sp³-hybridized carbons (Fsp3) is 0.158. The van der Waals surface area contributed by atoms with Crippen LogP contribution in [0.2, 0.25) is 0 Å². The van der Waals surface area contributed by atoms with E-state index in [9.17, 15) is 14.9 Å². The zero-order chi connectivity index (χ0) is 21.1. The molecule has 4 rings (SSSR count). The number of nitrogens with zero attached hydrogens (tertiary/aromatic N) is 5. The summed E-state index contributed by atoms with van der Waals surface area (Å²) in [5.41, 5.74) is 1.22. The van der Waals surface area contributed by atoms with E-state index in [4.69, 9.17) is 0 Å². The van der Waals surface area contributed by atoms with E-state index in [2.05, 4.69) is 20.4 Å². The zero-order valence-corrected chi connectivity index (χ0v) is 17.4. The van der Waals surface area contributed by atoms with Crippen LogP contribution in [-0.4, -0.2) is 37.1 Å². The lowest BCUT2D eigenvalue weighted by molar-refractivity contribution is -0.384. The molecule has 0 aliphatic heterocycles. The second-order valence-electron chi connectivity index (χ2n) is 6.32. The predicted molar refractivity (Wildman–Crippen MR) is 114 cm³/mol. The second kappa shape index (κ2) is 8.51. The Morgan fingerprint density at radius 2 is 2.17 bits per heavy atom. The number of amides is 1. The van der Waals surface area contributed by atoms with Crippen LogP contribution in [0.25, 0.3) is 16.3 Å². The number of hydrogen-bond acceptors (Lipinski definition) is 8. The van der Waals surface area contributed by atoms with E-state index in [1.807, 2.05) is 24.4 Å². The van der Waals surface area contributed by atoms with Crippen LogP contribution in [0, 0.1) is 17.0 Å². The first-order chi connectivity index (χ1) is 14.5. The van der Waals surface area contributed by atoms with Gasteiger partial charge < -0.3 is 5.32 Å². The highest BCUT2D eigenvalue weighted by molar-refractivity contribution is 7.16. The Morgan fingerprint density at radius 1 is 1.30 bits per heavy atom. The summed E-state index contributed by atoms with van der Waals surface area (Å²) in [5.74, 6) is -0.366. The van der Waals surface area contributed by atoms with Gasteiger partial charge in [-0.15, -0.1) is 22.7 Å². The molecule has 0 radical (unpaired) electrons. The van der Waals surface area contributed by atoms with Crippen LogP contribution < -0.4 is 5.32 Å². The molecule has 0 saturated heterocycles. The van der Waals surface area contributed by atoms with E-state index in [-0.39, 0.29) is 22.8 Å². The number of nitro benzene ring substituents is 1. The average molecular weight is 441 g/mol. The molecule has 1 amide bonds. The van der Waals surface area contributed by atoms with Gasteiger partial charge >= 0.3 is 0 Å². The maximum atomic E-state index is 12.5. The minimum absolute atomic E-state index is 0.213. The van der Waals surface area contributed by atoms with Gasteiger partial charge in [-0.3, -0.25) is 14.9 Å². The van der Waals surface area contributed by atoms with Crippen LogP contribution in [0.4, 0.5) is 5.69 Å². The predicted octanol–water partition coefficient (Wildman–Crippen LogP) is 3.64. The van der Waals surface area contributed by atoms with E-state index in [1.54, 1.807) is 22.7 Å². The Kier molecular flexibility index (Phi) is 5.63. The van der Waals surface area contributed by atoms with Crippen molar-refractivity contribution in [2.24, 2.45) is 0 Å². The summed E-state index contributed by atoms with van der Waals surface area (Å²) in [7, 11) is 0. The van der Waals surface area contributed by atoms with Gasteiger partial charge in [0, 0.05) is 28.4 Å². The average Bonchev–Trinajstić information content (AvgIpc) is 3.49. The molecule has 0 bridgehead atoms. The molecule has 1 N–H and O–H groups in total. The maximum Gasteiger partial charge on any atom is 0.295 e. The molecule has 0 atom stereocenters. The van der Waals surface area contributed by atoms with Gasteiger partial charge in [0.05, 0.1) is 20.5 Å². The standard InChI is InChI=1S/C19H16N6O3S2/c1-12-23-15(9-29-12)18-5-3-14(30-18)6-7-21-19(26)13-2-4-16(17(8-13)25(27)28)24-11-20-10-22-24/h2-5,8-11H,6-7H2,1H3,(H,21,26). The molecular weight excluding hydrogens is 424 g/mol. The lowest BCUT2D eigenvalue weighted by atomic mass is 10.1. The molecule has 0 spiro atoms. The summed E-state index contributed by atoms with van der Waals surface area (Å²) < 4.78 is 1.29. The minimum atomic E-state index is -0.541. The highest BCUT2D eigenvalue weighted by Gasteiger charge is 2.19. The molecule has 152 valence electrons. The van der Waals surface area contributed by atoms with Crippen molar-refractivity contribution < 1.29 is 9.72 Å². The molecule has 9 nitrogen and oxygen atoms in total. The molecule has 0 saturated carbocycles. The zero-order valence-electron chi connectivity index (χ0n) is 15.8. The summed E-state index contributed by atoms with van der Waals surface area (Å²) >= 11 is 3.25. The third-order valence-corrected chi connectivity index (χ3v) is 6.23. The summed E-state index contributed by atoms with van der Waals surface area (Å²) in [6, 6.07) is 8.33. The molecule has 0 aliphatic rings. The molecule has 0 fully saturated rings. The van der Waals surface area contributed by atoms with Crippen molar-refractivity contribution in [1.82, 2.24) is 25.1 Å². The molecule has 4 aromatic rings. The number of carbonyl (C=O) groups is 1. The van der Waals surface area contributed by atoms with E-state index in [1.165, 1.54) is 35.5 Å². The number of nitro groups is 1. The molecule has 0 unspecified atom stereocenters. The molecule has 3 heterocycles. The van der Waals surface area contributed by atoms with Crippen molar-refractivity contribution in [3.8, 4) is 16.3 Å². The SMILES string of the molecule is Cc1nc(-c2ccc(CCNC(=O)c3ccc(-n4cncn4)c([N+](=O)[O-])c3)s2)cs1. The number of thiophene rings is 1. The minimum Gasteiger partial charge on any atom is -0.352 e. The number of nitrogens with one attached hydrogen (secondary N) is 1. The van der Waals surface area contributed by atoms with Gasteiger partial charge in [-0.25, -0.2) is 14.6 Å². The van der Waals surface area contributed by atoms with Crippen LogP contribution >= 0.6 is 22.7 Å². The summed E-state index contributed by atoms with van der Waals surface area (Å²) in [5, 5.41) is 21.2.